The molecular formula is C13H12ClF3N4S. The summed E-state index contributed by atoms with van der Waals surface area (Å²) in [6, 6.07) is 3.86. The van der Waals surface area contributed by atoms with Crippen LogP contribution in [0.25, 0.3) is 0 Å². The zero-order valence-corrected chi connectivity index (χ0v) is 12.8. The standard InChI is InChI=1S/C13H12ClF3N4S/c14-11-2-1-9(22-11)8-7-21(4-3-18-8)12-6-19-10(5-20-12)13(15,16)17/h1-2,5-6,8,18H,3-4,7H2. The van der Waals surface area contributed by atoms with Crippen molar-refractivity contribution < 1.29 is 13.2 Å². The van der Waals surface area contributed by atoms with Crippen molar-refractivity contribution in [3.8, 4) is 0 Å². The Bertz CT molecular complexity index is 643. The molecule has 0 aliphatic carbocycles. The van der Waals surface area contributed by atoms with E-state index in [2.05, 4.69) is 15.3 Å². The van der Waals surface area contributed by atoms with Crippen molar-refractivity contribution in [2.45, 2.75) is 12.2 Å². The van der Waals surface area contributed by atoms with Crippen molar-refractivity contribution in [1.29, 1.82) is 0 Å². The van der Waals surface area contributed by atoms with Gasteiger partial charge in [-0.2, -0.15) is 13.2 Å². The molecule has 22 heavy (non-hydrogen) atoms. The molecule has 9 heteroatoms. The number of nitrogens with one attached hydrogen (secondary N) is 1. The Morgan fingerprint density at radius 1 is 1.27 bits per heavy atom. The van der Waals surface area contributed by atoms with Crippen molar-refractivity contribution in [2.24, 2.45) is 0 Å². The van der Waals surface area contributed by atoms with E-state index in [1.807, 2.05) is 17.0 Å². The van der Waals surface area contributed by atoms with Crippen molar-refractivity contribution in [1.82, 2.24) is 15.3 Å². The van der Waals surface area contributed by atoms with Gasteiger partial charge in [-0.15, -0.1) is 11.3 Å². The number of hydrogen-bond acceptors (Lipinski definition) is 5. The van der Waals surface area contributed by atoms with Gasteiger partial charge in [0.25, 0.3) is 0 Å². The molecule has 118 valence electrons. The maximum Gasteiger partial charge on any atom is 0.434 e. The summed E-state index contributed by atoms with van der Waals surface area (Å²) in [5, 5.41) is 3.37. The molecule has 0 aromatic carbocycles. The van der Waals surface area contributed by atoms with Crippen LogP contribution in [-0.2, 0) is 6.18 Å². The third-order valence-electron chi connectivity index (χ3n) is 3.37. The Kier molecular flexibility index (Phi) is 4.24. The fraction of sp³-hybridized carbons (Fsp3) is 0.385. The molecule has 0 radical (unpaired) electrons. The molecule has 1 unspecified atom stereocenters. The van der Waals surface area contributed by atoms with Crippen LogP contribution in [0.3, 0.4) is 0 Å². The molecule has 3 heterocycles. The SMILES string of the molecule is FC(F)(F)c1cnc(N2CCNC(c3ccc(Cl)s3)C2)cn1. The van der Waals surface area contributed by atoms with Gasteiger partial charge in [-0.05, 0) is 12.1 Å². The number of hydrogen-bond donors (Lipinski definition) is 1. The first kappa shape index (κ1) is 15.5. The van der Waals surface area contributed by atoms with E-state index in [4.69, 9.17) is 11.6 Å². The van der Waals surface area contributed by atoms with Crippen molar-refractivity contribution in [3.05, 3.63) is 39.4 Å². The molecule has 0 amide bonds. The van der Waals surface area contributed by atoms with E-state index >= 15 is 0 Å². The fourth-order valence-corrected chi connectivity index (χ4v) is 3.42. The molecule has 4 nitrogen and oxygen atoms in total. The van der Waals surface area contributed by atoms with E-state index in [-0.39, 0.29) is 6.04 Å². The second kappa shape index (κ2) is 6.02. The normalized spacial score (nSPS) is 19.5. The molecule has 1 saturated heterocycles. The van der Waals surface area contributed by atoms with Gasteiger partial charge in [0.15, 0.2) is 5.69 Å². The summed E-state index contributed by atoms with van der Waals surface area (Å²) in [5.74, 6) is 0.446. The molecule has 1 N–H and O–H groups in total. The number of piperazine rings is 1. The highest BCUT2D eigenvalue weighted by Crippen LogP contribution is 2.30. The third-order valence-corrected chi connectivity index (χ3v) is 4.71. The Labute approximate surface area is 133 Å². The minimum Gasteiger partial charge on any atom is -0.352 e. The molecule has 1 atom stereocenters. The van der Waals surface area contributed by atoms with Gasteiger partial charge in [-0.3, -0.25) is 0 Å². The monoisotopic (exact) mass is 348 g/mol. The van der Waals surface area contributed by atoms with E-state index in [9.17, 15) is 13.2 Å². The molecule has 1 aliphatic heterocycles. The van der Waals surface area contributed by atoms with Gasteiger partial charge in [0.05, 0.1) is 22.8 Å². The average molecular weight is 349 g/mol. The summed E-state index contributed by atoms with van der Waals surface area (Å²) >= 11 is 7.43. The molecule has 2 aromatic heterocycles. The predicted octanol–water partition coefficient (Wildman–Crippen LogP) is 3.36. The Morgan fingerprint density at radius 2 is 2.09 bits per heavy atom. The minimum absolute atomic E-state index is 0.0790. The Morgan fingerprint density at radius 3 is 2.68 bits per heavy atom. The number of nitrogens with zero attached hydrogens (tertiary/aromatic N) is 3. The van der Waals surface area contributed by atoms with Crippen LogP contribution >= 0.6 is 22.9 Å². The van der Waals surface area contributed by atoms with E-state index in [1.165, 1.54) is 17.5 Å². The molecule has 0 saturated carbocycles. The van der Waals surface area contributed by atoms with Crippen LogP contribution in [-0.4, -0.2) is 29.6 Å². The summed E-state index contributed by atoms with van der Waals surface area (Å²) in [6.45, 7) is 1.98. The van der Waals surface area contributed by atoms with E-state index in [1.54, 1.807) is 0 Å². The summed E-state index contributed by atoms with van der Waals surface area (Å²) in [6.07, 6.45) is -2.52. The maximum atomic E-state index is 12.5. The highest BCUT2D eigenvalue weighted by Gasteiger charge is 2.33. The number of aromatic nitrogens is 2. The molecule has 1 fully saturated rings. The van der Waals surface area contributed by atoms with Crippen LogP contribution in [0, 0.1) is 0 Å². The van der Waals surface area contributed by atoms with Gasteiger partial charge in [0.1, 0.15) is 5.82 Å². The molecule has 0 spiro atoms. The summed E-state index contributed by atoms with van der Waals surface area (Å²) in [4.78, 5) is 10.4. The summed E-state index contributed by atoms with van der Waals surface area (Å²) < 4.78 is 38.2. The Hall–Kier alpha value is -1.38. The van der Waals surface area contributed by atoms with Gasteiger partial charge >= 0.3 is 6.18 Å². The van der Waals surface area contributed by atoms with Gasteiger partial charge in [-0.1, -0.05) is 11.6 Å². The Balaban J connectivity index is 1.74. The third kappa shape index (κ3) is 3.34. The lowest BCUT2D eigenvalue weighted by Gasteiger charge is -2.33. The van der Waals surface area contributed by atoms with E-state index in [0.717, 1.165) is 11.1 Å². The molecule has 1 aliphatic rings. The number of anilines is 1. The zero-order chi connectivity index (χ0) is 15.7. The number of rotatable bonds is 2. The highest BCUT2D eigenvalue weighted by molar-refractivity contribution is 7.16. The zero-order valence-electron chi connectivity index (χ0n) is 11.3. The van der Waals surface area contributed by atoms with Crippen LogP contribution in [0.15, 0.2) is 24.5 Å². The smallest absolute Gasteiger partial charge is 0.352 e. The van der Waals surface area contributed by atoms with Crippen LogP contribution in [0.4, 0.5) is 19.0 Å². The minimum atomic E-state index is -4.47. The fourth-order valence-electron chi connectivity index (χ4n) is 2.30. The van der Waals surface area contributed by atoms with E-state index < -0.39 is 11.9 Å². The van der Waals surface area contributed by atoms with Crippen molar-refractivity contribution in [3.63, 3.8) is 0 Å². The number of thiophene rings is 1. The van der Waals surface area contributed by atoms with Crippen LogP contribution in [0.2, 0.25) is 4.34 Å². The van der Waals surface area contributed by atoms with Crippen molar-refractivity contribution in [2.75, 3.05) is 24.5 Å². The topological polar surface area (TPSA) is 41.1 Å². The first-order valence-electron chi connectivity index (χ1n) is 6.56. The first-order chi connectivity index (χ1) is 10.4. The van der Waals surface area contributed by atoms with Gasteiger partial charge in [-0.25, -0.2) is 9.97 Å². The van der Waals surface area contributed by atoms with Gasteiger partial charge in [0, 0.05) is 24.5 Å². The van der Waals surface area contributed by atoms with Gasteiger partial charge < -0.3 is 10.2 Å². The van der Waals surface area contributed by atoms with Crippen molar-refractivity contribution >= 4 is 28.8 Å². The average Bonchev–Trinajstić information content (AvgIpc) is 2.93. The lowest BCUT2D eigenvalue weighted by molar-refractivity contribution is -0.141. The maximum absolute atomic E-state index is 12.5. The van der Waals surface area contributed by atoms with E-state index in [0.29, 0.717) is 29.8 Å². The first-order valence-corrected chi connectivity index (χ1v) is 7.76. The second-order valence-electron chi connectivity index (χ2n) is 4.85. The van der Waals surface area contributed by atoms with Crippen LogP contribution in [0.1, 0.15) is 16.6 Å². The lowest BCUT2D eigenvalue weighted by atomic mass is 10.2. The molecule has 3 rings (SSSR count). The van der Waals surface area contributed by atoms with Crippen LogP contribution in [0.5, 0.6) is 0 Å². The summed E-state index contributed by atoms with van der Waals surface area (Å²) in [7, 11) is 0. The number of alkyl halides is 3. The van der Waals surface area contributed by atoms with Crippen LogP contribution < -0.4 is 10.2 Å². The number of halogens is 4. The predicted molar refractivity (Wildman–Crippen MR) is 79.3 cm³/mol. The summed E-state index contributed by atoms with van der Waals surface area (Å²) in [5.41, 5.74) is -0.979. The lowest BCUT2D eigenvalue weighted by Crippen LogP contribution is -2.46. The molecular weight excluding hydrogens is 337 g/mol. The quantitative estimate of drug-likeness (QED) is 0.903. The second-order valence-corrected chi connectivity index (χ2v) is 6.60. The van der Waals surface area contributed by atoms with Gasteiger partial charge in [0.2, 0.25) is 0 Å². The molecule has 2 aromatic rings. The molecule has 0 bridgehead atoms. The largest absolute Gasteiger partial charge is 0.434 e. The highest BCUT2D eigenvalue weighted by atomic mass is 35.5.